The summed E-state index contributed by atoms with van der Waals surface area (Å²) in [6.45, 7) is 2.66. The predicted molar refractivity (Wildman–Crippen MR) is 98.7 cm³/mol. The molecule has 2 saturated heterocycles. The first-order chi connectivity index (χ1) is 12.2. The van der Waals surface area contributed by atoms with E-state index in [1.165, 1.54) is 24.2 Å². The average molecular weight is 337 g/mol. The van der Waals surface area contributed by atoms with Gasteiger partial charge < -0.3 is 9.80 Å². The molecule has 4 rings (SSSR count). The molecule has 0 radical (unpaired) electrons. The highest BCUT2D eigenvalue weighted by Gasteiger charge is 2.44. The number of piperidine rings is 1. The van der Waals surface area contributed by atoms with Gasteiger partial charge in [0.05, 0.1) is 5.69 Å². The van der Waals surface area contributed by atoms with Crippen LogP contribution in [0.3, 0.4) is 0 Å². The van der Waals surface area contributed by atoms with Crippen molar-refractivity contribution in [3.63, 3.8) is 0 Å². The number of carbonyl (C=O) groups excluding carboxylic acids is 2. The number of hydrogen-bond acceptors (Lipinski definition) is 3. The Morgan fingerprint density at radius 3 is 2.48 bits per heavy atom. The van der Waals surface area contributed by atoms with Gasteiger partial charge in [0.2, 0.25) is 0 Å². The molecular formula is C20H23N3O2. The van der Waals surface area contributed by atoms with E-state index < -0.39 is 6.04 Å². The minimum atomic E-state index is -0.399. The molecular weight excluding hydrogens is 314 g/mol. The van der Waals surface area contributed by atoms with Crippen LogP contribution < -0.4 is 4.90 Å². The van der Waals surface area contributed by atoms with Gasteiger partial charge in [-0.15, -0.1) is 0 Å². The normalized spacial score (nSPS) is 22.2. The Balaban J connectivity index is 1.66. The van der Waals surface area contributed by atoms with Gasteiger partial charge in [-0.1, -0.05) is 42.8 Å². The van der Waals surface area contributed by atoms with Crippen LogP contribution in [0.5, 0.6) is 0 Å². The Morgan fingerprint density at radius 1 is 0.960 bits per heavy atom. The smallest absolute Gasteiger partial charge is 0.314 e. The first-order valence-electron chi connectivity index (χ1n) is 8.98. The number of benzene rings is 2. The number of carbonyl (C=O) groups is 2. The fourth-order valence-electron chi connectivity index (χ4n) is 3.91. The number of amides is 3. The molecule has 0 N–H and O–H groups in total. The zero-order valence-electron chi connectivity index (χ0n) is 14.5. The monoisotopic (exact) mass is 337 g/mol. The van der Waals surface area contributed by atoms with Crippen molar-refractivity contribution in [2.24, 2.45) is 0 Å². The summed E-state index contributed by atoms with van der Waals surface area (Å²) in [7, 11) is 1.74. The molecule has 2 aliphatic rings. The summed E-state index contributed by atoms with van der Waals surface area (Å²) in [5, 5.41) is 1.96. The van der Waals surface area contributed by atoms with Crippen LogP contribution in [0.25, 0.3) is 10.8 Å². The van der Waals surface area contributed by atoms with Crippen molar-refractivity contribution < 1.29 is 9.59 Å². The van der Waals surface area contributed by atoms with E-state index in [1.807, 2.05) is 42.5 Å². The van der Waals surface area contributed by atoms with E-state index in [0.29, 0.717) is 12.2 Å². The van der Waals surface area contributed by atoms with Crippen molar-refractivity contribution in [1.29, 1.82) is 0 Å². The van der Waals surface area contributed by atoms with Gasteiger partial charge in [0.15, 0.2) is 0 Å². The van der Waals surface area contributed by atoms with Gasteiger partial charge in [-0.25, -0.2) is 9.69 Å². The first kappa shape index (κ1) is 16.1. The molecule has 0 saturated carbocycles. The maximum Gasteiger partial charge on any atom is 0.331 e. The predicted octanol–water partition coefficient (Wildman–Crippen LogP) is 3.09. The number of fused-ring (bicyclic) bond motifs is 1. The Bertz CT molecular complexity index is 808. The third-order valence-electron chi connectivity index (χ3n) is 5.35. The van der Waals surface area contributed by atoms with E-state index in [4.69, 9.17) is 0 Å². The summed E-state index contributed by atoms with van der Waals surface area (Å²) in [6, 6.07) is 13.0. The fraction of sp³-hybridized carbons (Fsp3) is 0.400. The highest BCUT2D eigenvalue weighted by Crippen LogP contribution is 2.31. The zero-order valence-corrected chi connectivity index (χ0v) is 14.5. The summed E-state index contributed by atoms with van der Waals surface area (Å²) >= 11 is 0. The van der Waals surface area contributed by atoms with E-state index in [1.54, 1.807) is 11.9 Å². The molecule has 2 aromatic rings. The Kier molecular flexibility index (Phi) is 4.17. The highest BCUT2D eigenvalue weighted by molar-refractivity contribution is 6.24. The Hall–Kier alpha value is -2.40. The van der Waals surface area contributed by atoms with E-state index in [2.05, 4.69) is 4.90 Å². The molecule has 1 unspecified atom stereocenters. The van der Waals surface area contributed by atoms with Crippen LogP contribution in [0.4, 0.5) is 10.5 Å². The van der Waals surface area contributed by atoms with Crippen molar-refractivity contribution in [3.05, 3.63) is 42.5 Å². The number of urea groups is 1. The van der Waals surface area contributed by atoms with Gasteiger partial charge in [0, 0.05) is 19.0 Å². The molecule has 0 aliphatic carbocycles. The lowest BCUT2D eigenvalue weighted by atomic mass is 10.1. The molecule has 25 heavy (non-hydrogen) atoms. The molecule has 0 bridgehead atoms. The van der Waals surface area contributed by atoms with Crippen LogP contribution in [-0.4, -0.2) is 54.5 Å². The summed E-state index contributed by atoms with van der Waals surface area (Å²) in [5.41, 5.74) is 0.682. The lowest BCUT2D eigenvalue weighted by Crippen LogP contribution is -2.44. The number of rotatable bonds is 3. The van der Waals surface area contributed by atoms with Crippen LogP contribution in [0.2, 0.25) is 0 Å². The summed E-state index contributed by atoms with van der Waals surface area (Å²) in [5.74, 6) is -0.116. The second-order valence-electron chi connectivity index (χ2n) is 6.94. The summed E-state index contributed by atoms with van der Waals surface area (Å²) in [4.78, 5) is 31.2. The van der Waals surface area contributed by atoms with Crippen molar-refractivity contribution >= 4 is 28.4 Å². The van der Waals surface area contributed by atoms with Crippen molar-refractivity contribution in [2.75, 3.05) is 31.6 Å². The first-order valence-corrected chi connectivity index (χ1v) is 8.98. The molecule has 0 spiro atoms. The molecule has 1 atom stereocenters. The third-order valence-corrected chi connectivity index (χ3v) is 5.35. The van der Waals surface area contributed by atoms with Crippen LogP contribution in [0.1, 0.15) is 19.3 Å². The molecule has 5 heteroatoms. The minimum Gasteiger partial charge on any atom is -0.314 e. The molecule has 5 nitrogen and oxygen atoms in total. The van der Waals surface area contributed by atoms with Crippen LogP contribution in [0.15, 0.2) is 42.5 Å². The fourth-order valence-corrected chi connectivity index (χ4v) is 3.91. The second kappa shape index (κ2) is 6.48. The van der Waals surface area contributed by atoms with E-state index in [9.17, 15) is 9.59 Å². The van der Waals surface area contributed by atoms with Crippen LogP contribution >= 0.6 is 0 Å². The number of nitrogens with zero attached hydrogens (tertiary/aromatic N) is 3. The number of imide groups is 1. The maximum atomic E-state index is 13.1. The number of hydrogen-bond donors (Lipinski definition) is 0. The molecule has 0 aromatic heterocycles. The van der Waals surface area contributed by atoms with Gasteiger partial charge in [-0.3, -0.25) is 4.79 Å². The van der Waals surface area contributed by atoms with E-state index in [-0.39, 0.29) is 11.9 Å². The minimum absolute atomic E-state index is 0.116. The largest absolute Gasteiger partial charge is 0.331 e. The molecule has 2 aliphatic heterocycles. The SMILES string of the molecule is CN1C(=O)N(c2cccc3ccccc23)C(=O)C1CN1CCCCC1. The molecule has 2 heterocycles. The maximum absolute atomic E-state index is 13.1. The highest BCUT2D eigenvalue weighted by atomic mass is 16.2. The quantitative estimate of drug-likeness (QED) is 0.809. The molecule has 130 valence electrons. The Labute approximate surface area is 147 Å². The third kappa shape index (κ3) is 2.78. The van der Waals surface area contributed by atoms with Gasteiger partial charge >= 0.3 is 6.03 Å². The lowest BCUT2D eigenvalue weighted by molar-refractivity contribution is -0.120. The standard InChI is InChI=1S/C20H23N3O2/c1-21-18(14-22-12-5-2-6-13-22)19(24)23(20(21)25)17-11-7-9-15-8-3-4-10-16(15)17/h3-4,7-11,18H,2,5-6,12-14H2,1H3. The van der Waals surface area contributed by atoms with Gasteiger partial charge in [0.1, 0.15) is 6.04 Å². The summed E-state index contributed by atoms with van der Waals surface area (Å²) in [6.07, 6.45) is 3.60. The van der Waals surface area contributed by atoms with Crippen molar-refractivity contribution in [1.82, 2.24) is 9.80 Å². The average Bonchev–Trinajstić information content (AvgIpc) is 2.86. The molecule has 3 amide bonds. The van der Waals surface area contributed by atoms with Gasteiger partial charge in [0.25, 0.3) is 5.91 Å². The van der Waals surface area contributed by atoms with E-state index in [0.717, 1.165) is 23.9 Å². The van der Waals surface area contributed by atoms with Crippen molar-refractivity contribution in [3.8, 4) is 0 Å². The number of likely N-dealkylation sites (N-methyl/N-ethyl adjacent to an activating group) is 1. The van der Waals surface area contributed by atoms with E-state index >= 15 is 0 Å². The number of likely N-dealkylation sites (tertiary alicyclic amines) is 1. The zero-order chi connectivity index (χ0) is 17.4. The number of anilines is 1. The Morgan fingerprint density at radius 2 is 1.68 bits per heavy atom. The topological polar surface area (TPSA) is 43.9 Å². The van der Waals surface area contributed by atoms with Gasteiger partial charge in [-0.2, -0.15) is 0 Å². The van der Waals surface area contributed by atoms with Crippen LogP contribution in [0, 0.1) is 0 Å². The molecule has 2 aromatic carbocycles. The summed E-state index contributed by atoms with van der Waals surface area (Å²) < 4.78 is 0. The lowest BCUT2D eigenvalue weighted by Gasteiger charge is -2.29. The van der Waals surface area contributed by atoms with Crippen molar-refractivity contribution in [2.45, 2.75) is 25.3 Å². The van der Waals surface area contributed by atoms with Gasteiger partial charge in [-0.05, 0) is 37.4 Å². The van der Waals surface area contributed by atoms with Crippen LogP contribution in [-0.2, 0) is 4.79 Å². The molecule has 2 fully saturated rings. The second-order valence-corrected chi connectivity index (χ2v) is 6.94.